The lowest BCUT2D eigenvalue weighted by Gasteiger charge is -2.10. The van der Waals surface area contributed by atoms with Gasteiger partial charge in [0.25, 0.3) is 5.91 Å². The molecule has 0 saturated heterocycles. The van der Waals surface area contributed by atoms with Crippen LogP contribution in [0.5, 0.6) is 0 Å². The molecule has 8 heteroatoms. The van der Waals surface area contributed by atoms with Crippen LogP contribution in [0.25, 0.3) is 11.8 Å². The number of thiocarbonyl (C=S) groups is 1. The number of amides is 1. The van der Waals surface area contributed by atoms with Crippen LogP contribution >= 0.6 is 23.8 Å². The van der Waals surface area contributed by atoms with Gasteiger partial charge in [-0.05, 0) is 54.7 Å². The predicted molar refractivity (Wildman–Crippen MR) is 112 cm³/mol. The van der Waals surface area contributed by atoms with Gasteiger partial charge < -0.3 is 5.32 Å². The van der Waals surface area contributed by atoms with Crippen LogP contribution in [0.3, 0.4) is 0 Å². The van der Waals surface area contributed by atoms with Crippen molar-refractivity contribution >= 4 is 46.6 Å². The maximum Gasteiger partial charge on any atom is 0.262 e. The number of anilines is 1. The molecule has 0 spiro atoms. The number of hydrogen-bond donors (Lipinski definition) is 3. The summed E-state index contributed by atoms with van der Waals surface area (Å²) in [6.45, 7) is 0. The summed E-state index contributed by atoms with van der Waals surface area (Å²) >= 11 is 10.9. The summed E-state index contributed by atoms with van der Waals surface area (Å²) in [4.78, 5) is 11.9. The number of carbonyl (C=O) groups excluding carboxylic acids is 1. The molecule has 0 radical (unpaired) electrons. The summed E-state index contributed by atoms with van der Waals surface area (Å²) in [7, 11) is 0. The van der Waals surface area contributed by atoms with E-state index >= 15 is 0 Å². The second-order valence-electron chi connectivity index (χ2n) is 5.46. The number of rotatable bonds is 4. The van der Waals surface area contributed by atoms with E-state index < -0.39 is 0 Å². The first-order valence-corrected chi connectivity index (χ1v) is 8.79. The minimum atomic E-state index is -0.345. The van der Waals surface area contributed by atoms with E-state index in [0.717, 1.165) is 16.9 Å². The van der Waals surface area contributed by atoms with Crippen molar-refractivity contribution in [3.8, 4) is 5.69 Å². The number of nitrogens with zero attached hydrogens (tertiary/aromatic N) is 2. The number of aromatic nitrogens is 2. The third kappa shape index (κ3) is 5.67. The largest absolute Gasteiger partial charge is 0.331 e. The zero-order valence-corrected chi connectivity index (χ0v) is 15.7. The number of para-hydroxylation sites is 1. The van der Waals surface area contributed by atoms with Crippen LogP contribution in [0.1, 0.15) is 5.56 Å². The Balaban J connectivity index is 1.48. The van der Waals surface area contributed by atoms with Gasteiger partial charge >= 0.3 is 0 Å². The molecular weight excluding hydrogens is 382 g/mol. The molecule has 0 saturated carbocycles. The molecule has 2 aromatic carbocycles. The van der Waals surface area contributed by atoms with Gasteiger partial charge in [0.1, 0.15) is 0 Å². The lowest BCUT2D eigenvalue weighted by atomic mass is 10.3. The third-order valence-corrected chi connectivity index (χ3v) is 3.91. The summed E-state index contributed by atoms with van der Waals surface area (Å²) in [5.74, 6) is -0.345. The molecule has 0 atom stereocenters. The van der Waals surface area contributed by atoms with Crippen LogP contribution in [0.15, 0.2) is 73.1 Å². The molecule has 136 valence electrons. The zero-order chi connectivity index (χ0) is 19.1. The van der Waals surface area contributed by atoms with Crippen LogP contribution < -0.4 is 16.2 Å². The monoisotopic (exact) mass is 397 g/mol. The van der Waals surface area contributed by atoms with Crippen LogP contribution in [0.2, 0.25) is 5.02 Å². The Morgan fingerprint density at radius 2 is 1.81 bits per heavy atom. The third-order valence-electron chi connectivity index (χ3n) is 3.45. The second-order valence-corrected chi connectivity index (χ2v) is 6.31. The maximum atomic E-state index is 11.9. The van der Waals surface area contributed by atoms with Crippen molar-refractivity contribution in [2.75, 3.05) is 5.32 Å². The first kappa shape index (κ1) is 18.6. The molecule has 1 amide bonds. The Kier molecular flexibility index (Phi) is 6.19. The summed E-state index contributed by atoms with van der Waals surface area (Å²) < 4.78 is 1.74. The highest BCUT2D eigenvalue weighted by atomic mass is 35.5. The van der Waals surface area contributed by atoms with E-state index in [0.29, 0.717) is 5.02 Å². The normalized spacial score (nSPS) is 10.6. The van der Waals surface area contributed by atoms with Gasteiger partial charge in [-0.1, -0.05) is 29.8 Å². The molecule has 3 N–H and O–H groups in total. The van der Waals surface area contributed by atoms with E-state index in [1.165, 1.54) is 6.08 Å². The highest BCUT2D eigenvalue weighted by Gasteiger charge is 2.01. The Morgan fingerprint density at radius 1 is 1.07 bits per heavy atom. The van der Waals surface area contributed by atoms with Crippen LogP contribution in [-0.4, -0.2) is 20.8 Å². The van der Waals surface area contributed by atoms with Crippen molar-refractivity contribution in [1.82, 2.24) is 20.6 Å². The van der Waals surface area contributed by atoms with Crippen LogP contribution in [0, 0.1) is 0 Å². The first-order valence-electron chi connectivity index (χ1n) is 8.01. The molecule has 0 unspecified atom stereocenters. The average molecular weight is 398 g/mol. The Morgan fingerprint density at radius 3 is 2.56 bits per heavy atom. The van der Waals surface area contributed by atoms with Crippen LogP contribution in [0.4, 0.5) is 5.69 Å². The summed E-state index contributed by atoms with van der Waals surface area (Å²) in [5.41, 5.74) is 7.63. The molecule has 0 aliphatic heterocycles. The molecule has 6 nitrogen and oxygen atoms in total. The molecule has 3 rings (SSSR count). The van der Waals surface area contributed by atoms with Gasteiger partial charge in [-0.25, -0.2) is 4.68 Å². The average Bonchev–Trinajstić information content (AvgIpc) is 3.16. The summed E-state index contributed by atoms with van der Waals surface area (Å²) in [5, 5.41) is 8.09. The molecule has 1 heterocycles. The quantitative estimate of drug-likeness (QED) is 0.357. The molecule has 1 aromatic heterocycles. The first-order chi connectivity index (χ1) is 13.1. The lowest BCUT2D eigenvalue weighted by Crippen LogP contribution is -2.43. The summed E-state index contributed by atoms with van der Waals surface area (Å²) in [6.07, 6.45) is 6.57. The predicted octanol–water partition coefficient (Wildman–Crippen LogP) is 3.56. The van der Waals surface area contributed by atoms with Gasteiger partial charge in [0.15, 0.2) is 5.11 Å². The van der Waals surface area contributed by atoms with E-state index in [1.54, 1.807) is 41.2 Å². The summed E-state index contributed by atoms with van der Waals surface area (Å²) in [6, 6.07) is 16.8. The smallest absolute Gasteiger partial charge is 0.262 e. The highest BCUT2D eigenvalue weighted by molar-refractivity contribution is 7.80. The van der Waals surface area contributed by atoms with E-state index in [4.69, 9.17) is 23.8 Å². The zero-order valence-electron chi connectivity index (χ0n) is 14.1. The Hall–Kier alpha value is -3.16. The highest BCUT2D eigenvalue weighted by Crippen LogP contribution is 2.13. The van der Waals surface area contributed by atoms with Crippen molar-refractivity contribution in [3.05, 3.63) is 83.7 Å². The van der Waals surface area contributed by atoms with Crippen molar-refractivity contribution in [3.63, 3.8) is 0 Å². The van der Waals surface area contributed by atoms with E-state index in [2.05, 4.69) is 21.3 Å². The molecule has 0 bridgehead atoms. The van der Waals surface area contributed by atoms with Crippen molar-refractivity contribution in [1.29, 1.82) is 0 Å². The number of hydrazine groups is 1. The van der Waals surface area contributed by atoms with Gasteiger partial charge in [-0.15, -0.1) is 0 Å². The van der Waals surface area contributed by atoms with Gasteiger partial charge in [-0.3, -0.25) is 15.6 Å². The minimum Gasteiger partial charge on any atom is -0.331 e. The fourth-order valence-corrected chi connectivity index (χ4v) is 2.47. The van der Waals surface area contributed by atoms with E-state index in [-0.39, 0.29) is 11.0 Å². The molecule has 0 aliphatic rings. The maximum absolute atomic E-state index is 11.9. The van der Waals surface area contributed by atoms with Gasteiger partial charge in [0.2, 0.25) is 0 Å². The van der Waals surface area contributed by atoms with Crippen molar-refractivity contribution in [2.24, 2.45) is 0 Å². The number of hydrogen-bond acceptors (Lipinski definition) is 3. The van der Waals surface area contributed by atoms with Crippen molar-refractivity contribution in [2.45, 2.75) is 0 Å². The second kappa shape index (κ2) is 8.98. The molecule has 27 heavy (non-hydrogen) atoms. The van der Waals surface area contributed by atoms with E-state index in [9.17, 15) is 4.79 Å². The van der Waals surface area contributed by atoms with Crippen LogP contribution in [-0.2, 0) is 4.79 Å². The SMILES string of the molecule is O=C(/C=C/c1cnn(-c2ccccc2)c1)NNC(=S)Nc1ccc(Cl)cc1. The lowest BCUT2D eigenvalue weighted by molar-refractivity contribution is -0.116. The molecule has 0 fully saturated rings. The van der Waals surface area contributed by atoms with Gasteiger partial charge in [0, 0.05) is 28.5 Å². The van der Waals surface area contributed by atoms with Crippen molar-refractivity contribution < 1.29 is 4.79 Å². The Bertz CT molecular complexity index is 954. The number of halogens is 1. The molecule has 0 aliphatic carbocycles. The van der Waals surface area contributed by atoms with Gasteiger partial charge in [-0.2, -0.15) is 5.10 Å². The fourth-order valence-electron chi connectivity index (χ4n) is 2.17. The fraction of sp³-hybridized carbons (Fsp3) is 0. The standard InChI is InChI=1S/C19H16ClN5OS/c20-15-7-9-16(10-8-15)22-19(27)24-23-18(26)11-6-14-12-21-25(13-14)17-4-2-1-3-5-17/h1-13H,(H,23,26)(H2,22,24,27)/b11-6+. The minimum absolute atomic E-state index is 0.260. The van der Waals surface area contributed by atoms with Gasteiger partial charge in [0.05, 0.1) is 11.9 Å². The number of benzene rings is 2. The molecule has 3 aromatic rings. The van der Waals surface area contributed by atoms with E-state index in [1.807, 2.05) is 36.5 Å². The molecular formula is C19H16ClN5OS. The Labute approximate surface area is 166 Å². The number of carbonyl (C=O) groups is 1. The number of nitrogens with one attached hydrogen (secondary N) is 3. The topological polar surface area (TPSA) is 71.0 Å².